The molecule has 1 aromatic carbocycles. The van der Waals surface area contributed by atoms with Gasteiger partial charge < -0.3 is 20.1 Å². The minimum Gasteiger partial charge on any atom is -0.444 e. The van der Waals surface area contributed by atoms with Crippen LogP contribution in [0.15, 0.2) is 15.6 Å². The van der Waals surface area contributed by atoms with Crippen molar-refractivity contribution in [3.8, 4) is 0 Å². The van der Waals surface area contributed by atoms with Crippen molar-refractivity contribution in [1.82, 2.24) is 9.88 Å². The number of nitrogens with two attached hydrogens (primary N) is 1. The molecule has 2 amide bonds. The predicted octanol–water partition coefficient (Wildman–Crippen LogP) is 6.50. The number of benzene rings is 1. The second-order valence-corrected chi connectivity index (χ2v) is 12.4. The van der Waals surface area contributed by atoms with Gasteiger partial charge in [-0.15, -0.1) is 11.8 Å². The van der Waals surface area contributed by atoms with Crippen LogP contribution in [0.2, 0.25) is 0 Å². The van der Waals surface area contributed by atoms with Gasteiger partial charge in [0.25, 0.3) is 0 Å². The molecule has 3 rings (SSSR count). The Morgan fingerprint density at radius 1 is 1.22 bits per heavy atom. The number of anilines is 2. The molecule has 36 heavy (non-hydrogen) atoms. The Hall–Kier alpha value is -2.27. The number of thioether (sulfide) groups is 1. The number of hydrogen-bond acceptors (Lipinski definition) is 7. The van der Waals surface area contributed by atoms with Crippen LogP contribution in [0.1, 0.15) is 53.5 Å². The van der Waals surface area contributed by atoms with Gasteiger partial charge in [-0.1, -0.05) is 0 Å². The Kier molecular flexibility index (Phi) is 8.05. The number of carbonyl (C=O) groups is 2. The maximum absolute atomic E-state index is 15.4. The predicted molar refractivity (Wildman–Crippen MR) is 145 cm³/mol. The van der Waals surface area contributed by atoms with Crippen molar-refractivity contribution in [2.24, 2.45) is 0 Å². The third kappa shape index (κ3) is 5.99. The van der Waals surface area contributed by atoms with Gasteiger partial charge in [-0.05, 0) is 88.7 Å². The molecule has 1 aliphatic heterocycles. The molecule has 2 N–H and O–H groups in total. The lowest BCUT2D eigenvalue weighted by Gasteiger charge is -2.33. The van der Waals surface area contributed by atoms with Crippen molar-refractivity contribution in [1.29, 1.82) is 0 Å². The highest BCUT2D eigenvalue weighted by Crippen LogP contribution is 2.43. The molecular formula is C25H34BrFN4O4S. The summed E-state index contributed by atoms with van der Waals surface area (Å²) < 4.78 is 27.0. The summed E-state index contributed by atoms with van der Waals surface area (Å²) in [4.78, 5) is 33.9. The van der Waals surface area contributed by atoms with Crippen LogP contribution in [-0.4, -0.2) is 58.7 Å². The molecule has 0 bridgehead atoms. The minimum atomic E-state index is -0.789. The summed E-state index contributed by atoms with van der Waals surface area (Å²) >= 11 is 4.55. The van der Waals surface area contributed by atoms with E-state index in [2.05, 4.69) is 20.9 Å². The number of pyridine rings is 1. The van der Waals surface area contributed by atoms with Gasteiger partial charge in [0.1, 0.15) is 21.7 Å². The van der Waals surface area contributed by atoms with Crippen LogP contribution in [-0.2, 0) is 9.47 Å². The Morgan fingerprint density at radius 3 is 2.39 bits per heavy atom. The standard InChI is InChI=1S/C25H34BrFN4O4S/c1-13-11-15-19(17(27)16(13)26)29-21(36-8)18(28)20(15)31(23(33)35-25(5,6)7)14-9-10-30(12-14)22(32)34-24(2,3)4/h11,14H,9-10,12,28H2,1-8H3. The highest BCUT2D eigenvalue weighted by molar-refractivity contribution is 9.10. The lowest BCUT2D eigenvalue weighted by molar-refractivity contribution is 0.0287. The molecule has 198 valence electrons. The molecule has 2 aromatic rings. The number of hydrogen-bond donors (Lipinski definition) is 1. The van der Waals surface area contributed by atoms with Gasteiger partial charge in [0.15, 0.2) is 5.82 Å². The van der Waals surface area contributed by atoms with Crippen LogP contribution >= 0.6 is 27.7 Å². The first-order valence-electron chi connectivity index (χ1n) is 11.7. The number of likely N-dealkylation sites (tertiary alicyclic amines) is 1. The zero-order valence-corrected chi connectivity index (χ0v) is 24.4. The summed E-state index contributed by atoms with van der Waals surface area (Å²) in [5.74, 6) is -0.535. The summed E-state index contributed by atoms with van der Waals surface area (Å²) in [6.45, 7) is 13.1. The molecule has 2 heterocycles. The summed E-state index contributed by atoms with van der Waals surface area (Å²) in [6, 6.07) is 1.28. The van der Waals surface area contributed by atoms with Crippen LogP contribution in [0.5, 0.6) is 0 Å². The zero-order chi connectivity index (χ0) is 27.2. The van der Waals surface area contributed by atoms with Crippen LogP contribution in [0, 0.1) is 12.7 Å². The molecule has 0 radical (unpaired) electrons. The fraction of sp³-hybridized carbons (Fsp3) is 0.560. The van der Waals surface area contributed by atoms with E-state index in [1.165, 1.54) is 16.7 Å². The first-order chi connectivity index (χ1) is 16.5. The second-order valence-electron chi connectivity index (χ2n) is 10.8. The van der Waals surface area contributed by atoms with E-state index in [4.69, 9.17) is 15.2 Å². The number of nitrogen functional groups attached to an aromatic ring is 1. The smallest absolute Gasteiger partial charge is 0.415 e. The van der Waals surface area contributed by atoms with Gasteiger partial charge in [-0.2, -0.15) is 0 Å². The van der Waals surface area contributed by atoms with E-state index in [1.807, 2.05) is 0 Å². The second kappa shape index (κ2) is 10.2. The van der Waals surface area contributed by atoms with Gasteiger partial charge in [0.05, 0.1) is 21.9 Å². The molecule has 1 aliphatic rings. The summed E-state index contributed by atoms with van der Waals surface area (Å²) in [7, 11) is 0. The number of ether oxygens (including phenoxy) is 2. The van der Waals surface area contributed by atoms with E-state index >= 15 is 4.39 Å². The summed E-state index contributed by atoms with van der Waals surface area (Å²) in [6.07, 6.45) is 1.16. The first-order valence-corrected chi connectivity index (χ1v) is 13.7. The number of aryl methyl sites for hydroxylation is 1. The zero-order valence-electron chi connectivity index (χ0n) is 22.0. The number of carbonyl (C=O) groups excluding carboxylic acids is 2. The SMILES string of the molecule is CSc1nc2c(F)c(Br)c(C)cc2c(N(C(=O)OC(C)(C)C)C2CCN(C(=O)OC(C)(C)C)C2)c1N. The molecule has 0 spiro atoms. The van der Waals surface area contributed by atoms with E-state index < -0.39 is 35.2 Å². The molecule has 1 atom stereocenters. The first kappa shape index (κ1) is 28.3. The van der Waals surface area contributed by atoms with E-state index in [9.17, 15) is 9.59 Å². The largest absolute Gasteiger partial charge is 0.444 e. The lowest BCUT2D eigenvalue weighted by Crippen LogP contribution is -2.46. The monoisotopic (exact) mass is 584 g/mol. The van der Waals surface area contributed by atoms with Crippen LogP contribution in [0.3, 0.4) is 0 Å². The quantitative estimate of drug-likeness (QED) is 0.411. The molecular weight excluding hydrogens is 551 g/mol. The maximum Gasteiger partial charge on any atom is 0.415 e. The number of rotatable bonds is 3. The van der Waals surface area contributed by atoms with Crippen molar-refractivity contribution in [3.05, 3.63) is 21.9 Å². The van der Waals surface area contributed by atoms with Crippen LogP contribution in [0.25, 0.3) is 10.9 Å². The average Bonchev–Trinajstić information content (AvgIpc) is 3.21. The van der Waals surface area contributed by atoms with Crippen molar-refractivity contribution in [3.63, 3.8) is 0 Å². The van der Waals surface area contributed by atoms with Crippen LogP contribution in [0.4, 0.5) is 25.4 Å². The third-order valence-electron chi connectivity index (χ3n) is 5.52. The van der Waals surface area contributed by atoms with Gasteiger partial charge >= 0.3 is 12.2 Å². The number of nitrogens with zero attached hydrogens (tertiary/aromatic N) is 3. The van der Waals surface area contributed by atoms with Gasteiger partial charge in [-0.3, -0.25) is 4.90 Å². The molecule has 1 unspecified atom stereocenters. The lowest BCUT2D eigenvalue weighted by atomic mass is 10.1. The maximum atomic E-state index is 15.4. The number of fused-ring (bicyclic) bond motifs is 1. The van der Waals surface area contributed by atoms with Gasteiger partial charge in [0.2, 0.25) is 0 Å². The Bertz CT molecular complexity index is 1200. The summed E-state index contributed by atoms with van der Waals surface area (Å²) in [5.41, 5.74) is 6.43. The van der Waals surface area contributed by atoms with Crippen molar-refractivity contribution in [2.75, 3.05) is 30.0 Å². The van der Waals surface area contributed by atoms with Crippen molar-refractivity contribution < 1.29 is 23.5 Å². The van der Waals surface area contributed by atoms with E-state index in [-0.39, 0.29) is 17.7 Å². The Morgan fingerprint density at radius 2 is 1.83 bits per heavy atom. The third-order valence-corrected chi connectivity index (χ3v) is 7.19. The fourth-order valence-corrected chi connectivity index (χ4v) is 4.84. The number of aromatic nitrogens is 1. The highest BCUT2D eigenvalue weighted by atomic mass is 79.9. The summed E-state index contributed by atoms with van der Waals surface area (Å²) in [5, 5.41) is 0.785. The van der Waals surface area contributed by atoms with Gasteiger partial charge in [0, 0.05) is 18.5 Å². The van der Waals surface area contributed by atoms with Gasteiger partial charge in [-0.25, -0.2) is 19.0 Å². The molecule has 1 aromatic heterocycles. The Labute approximate surface area is 224 Å². The van der Waals surface area contributed by atoms with E-state index in [1.54, 1.807) is 65.7 Å². The Balaban J connectivity index is 2.19. The topological polar surface area (TPSA) is 98.0 Å². The molecule has 1 saturated heterocycles. The average molecular weight is 586 g/mol. The highest BCUT2D eigenvalue weighted by Gasteiger charge is 2.39. The number of halogens is 2. The number of amides is 2. The molecule has 8 nitrogen and oxygen atoms in total. The minimum absolute atomic E-state index is 0.0941. The molecule has 0 saturated carbocycles. The van der Waals surface area contributed by atoms with Crippen molar-refractivity contribution >= 4 is 62.2 Å². The molecule has 1 fully saturated rings. The van der Waals surface area contributed by atoms with E-state index in [0.717, 1.165) is 0 Å². The normalized spacial score (nSPS) is 16.4. The molecule has 11 heteroatoms. The van der Waals surface area contributed by atoms with Crippen molar-refractivity contribution in [2.45, 2.75) is 77.2 Å². The fourth-order valence-electron chi connectivity index (χ4n) is 4.04. The van der Waals surface area contributed by atoms with Crippen LogP contribution < -0.4 is 10.6 Å². The molecule has 0 aliphatic carbocycles. The van der Waals surface area contributed by atoms with E-state index in [0.29, 0.717) is 39.1 Å².